The molecule has 0 spiro atoms. The summed E-state index contributed by atoms with van der Waals surface area (Å²) >= 11 is 13.8. The maximum atomic E-state index is 13.4. The lowest BCUT2D eigenvalue weighted by atomic mass is 10.0. The molecule has 6 heteroatoms. The quantitative estimate of drug-likeness (QED) is 0.310. The number of amides is 2. The van der Waals surface area contributed by atoms with E-state index < -0.39 is 5.06 Å². The van der Waals surface area contributed by atoms with Crippen molar-refractivity contribution in [1.82, 2.24) is 9.96 Å². The van der Waals surface area contributed by atoms with E-state index in [1.807, 2.05) is 85.8 Å². The Morgan fingerprint density at radius 2 is 1.55 bits per heavy atom. The monoisotopic (exact) mass is 454 g/mol. The third kappa shape index (κ3) is 4.42. The Morgan fingerprint density at radius 1 is 0.968 bits per heavy atom. The average molecular weight is 455 g/mol. The molecule has 0 bridgehead atoms. The normalized spacial score (nSPS) is 16.2. The molecule has 2 atom stereocenters. The molecule has 1 fully saturated rings. The van der Waals surface area contributed by atoms with Crippen LogP contribution in [0.4, 0.5) is 4.79 Å². The number of alkyl halides is 1. The number of nitrogens with zero attached hydrogens (tertiary/aromatic N) is 2. The lowest BCUT2D eigenvalue weighted by Gasteiger charge is -2.41. The molecule has 0 saturated carbocycles. The molecule has 31 heavy (non-hydrogen) atoms. The summed E-state index contributed by atoms with van der Waals surface area (Å²) in [5.41, 5.74) is 2.21. The van der Waals surface area contributed by atoms with E-state index in [1.54, 1.807) is 11.0 Å². The van der Waals surface area contributed by atoms with E-state index in [2.05, 4.69) is 0 Å². The predicted molar refractivity (Wildman–Crippen MR) is 124 cm³/mol. The number of hydroxylamine groups is 2. The van der Waals surface area contributed by atoms with Gasteiger partial charge in [-0.05, 0) is 25.0 Å². The smallest absolute Gasteiger partial charge is 0.323 e. The second-order valence-electron chi connectivity index (χ2n) is 7.57. The van der Waals surface area contributed by atoms with E-state index in [4.69, 9.17) is 28.0 Å². The molecule has 0 aliphatic carbocycles. The van der Waals surface area contributed by atoms with Crippen LogP contribution in [0.1, 0.15) is 36.1 Å². The van der Waals surface area contributed by atoms with Crippen LogP contribution in [0.25, 0.3) is 0 Å². The number of rotatable bonds is 6. The standard InChI is InChI=1S/C25H24Cl2N2O2/c1-19(20-11-4-2-5-12-20)29(24(30)28-17-10-18-28)31-25(27,21-13-6-3-7-14-21)22-15-8-9-16-23(22)26/h2-9,11-16,19H,10,17-18H2,1H3/t19-,25?/m1/s1. The van der Waals surface area contributed by atoms with Gasteiger partial charge in [0.1, 0.15) is 0 Å². The molecule has 0 aromatic heterocycles. The summed E-state index contributed by atoms with van der Waals surface area (Å²) in [5, 5.41) is 0.367. The van der Waals surface area contributed by atoms with Gasteiger partial charge in [0, 0.05) is 29.2 Å². The van der Waals surface area contributed by atoms with Crippen molar-refractivity contribution >= 4 is 29.2 Å². The first kappa shape index (κ1) is 21.7. The first-order chi connectivity index (χ1) is 15.0. The number of hydrogen-bond acceptors (Lipinski definition) is 2. The van der Waals surface area contributed by atoms with E-state index in [0.29, 0.717) is 29.2 Å². The predicted octanol–water partition coefficient (Wildman–Crippen LogP) is 6.60. The minimum atomic E-state index is -1.48. The Morgan fingerprint density at radius 3 is 2.13 bits per heavy atom. The summed E-state index contributed by atoms with van der Waals surface area (Å²) in [6.45, 7) is 3.34. The molecule has 4 rings (SSSR count). The van der Waals surface area contributed by atoms with Crippen LogP contribution in [0.2, 0.25) is 5.02 Å². The maximum absolute atomic E-state index is 13.4. The zero-order chi connectivity index (χ0) is 21.8. The van der Waals surface area contributed by atoms with Crippen molar-refractivity contribution in [2.75, 3.05) is 13.1 Å². The zero-order valence-electron chi connectivity index (χ0n) is 17.2. The molecule has 4 nitrogen and oxygen atoms in total. The van der Waals surface area contributed by atoms with Gasteiger partial charge in [-0.3, -0.25) is 0 Å². The van der Waals surface area contributed by atoms with Crippen LogP contribution in [0.15, 0.2) is 84.9 Å². The topological polar surface area (TPSA) is 32.8 Å². The largest absolute Gasteiger partial charge is 0.344 e. The fourth-order valence-corrected chi connectivity index (χ4v) is 4.25. The number of carbonyl (C=O) groups is 1. The van der Waals surface area contributed by atoms with Gasteiger partial charge in [0.25, 0.3) is 0 Å². The summed E-state index contributed by atoms with van der Waals surface area (Å²) in [7, 11) is 0. The van der Waals surface area contributed by atoms with Gasteiger partial charge in [-0.25, -0.2) is 9.63 Å². The Labute approximate surface area is 192 Å². The summed E-state index contributed by atoms with van der Waals surface area (Å²) in [6.07, 6.45) is 0.981. The third-order valence-corrected chi connectivity index (χ3v) is 6.36. The first-order valence-electron chi connectivity index (χ1n) is 10.3. The van der Waals surface area contributed by atoms with Crippen LogP contribution in [-0.2, 0) is 9.90 Å². The number of likely N-dealkylation sites (tertiary alicyclic amines) is 1. The highest BCUT2D eigenvalue weighted by Crippen LogP contribution is 2.43. The van der Waals surface area contributed by atoms with Crippen LogP contribution in [-0.4, -0.2) is 29.1 Å². The van der Waals surface area contributed by atoms with Crippen molar-refractivity contribution < 1.29 is 9.63 Å². The lowest BCUT2D eigenvalue weighted by molar-refractivity contribution is -0.197. The third-order valence-electron chi connectivity index (χ3n) is 5.54. The number of benzene rings is 3. The molecule has 1 aliphatic heterocycles. The average Bonchev–Trinajstić information content (AvgIpc) is 2.77. The van der Waals surface area contributed by atoms with Gasteiger partial charge in [-0.15, -0.1) is 0 Å². The van der Waals surface area contributed by atoms with Crippen LogP contribution < -0.4 is 0 Å². The summed E-state index contributed by atoms with van der Waals surface area (Å²) in [5.74, 6) is 0. The number of urea groups is 1. The molecule has 160 valence electrons. The van der Waals surface area contributed by atoms with Crippen molar-refractivity contribution in [2.45, 2.75) is 24.4 Å². The maximum Gasteiger partial charge on any atom is 0.344 e. The van der Waals surface area contributed by atoms with Gasteiger partial charge in [-0.1, -0.05) is 102 Å². The fraction of sp³-hybridized carbons (Fsp3) is 0.240. The van der Waals surface area contributed by atoms with Crippen molar-refractivity contribution in [3.8, 4) is 0 Å². The van der Waals surface area contributed by atoms with Crippen molar-refractivity contribution in [2.24, 2.45) is 0 Å². The summed E-state index contributed by atoms with van der Waals surface area (Å²) < 4.78 is 0. The number of carbonyl (C=O) groups excluding carboxylic acids is 1. The second kappa shape index (κ2) is 9.31. The van der Waals surface area contributed by atoms with Crippen LogP contribution >= 0.6 is 23.2 Å². The molecular weight excluding hydrogens is 431 g/mol. The Bertz CT molecular complexity index is 1030. The Balaban J connectivity index is 1.79. The van der Waals surface area contributed by atoms with Gasteiger partial charge in [0.2, 0.25) is 5.06 Å². The molecular formula is C25H24Cl2N2O2. The van der Waals surface area contributed by atoms with E-state index in [0.717, 1.165) is 12.0 Å². The molecule has 3 aromatic carbocycles. The van der Waals surface area contributed by atoms with Gasteiger partial charge < -0.3 is 4.90 Å². The van der Waals surface area contributed by atoms with Crippen LogP contribution in [0.3, 0.4) is 0 Å². The van der Waals surface area contributed by atoms with Crippen LogP contribution in [0, 0.1) is 0 Å². The van der Waals surface area contributed by atoms with E-state index in [1.165, 1.54) is 5.06 Å². The molecule has 2 amide bonds. The highest BCUT2D eigenvalue weighted by atomic mass is 35.5. The lowest BCUT2D eigenvalue weighted by Crippen LogP contribution is -2.52. The number of halogens is 2. The van der Waals surface area contributed by atoms with Crippen molar-refractivity contribution in [3.05, 3.63) is 107 Å². The second-order valence-corrected chi connectivity index (χ2v) is 8.51. The minimum absolute atomic E-state index is 0.212. The van der Waals surface area contributed by atoms with Crippen molar-refractivity contribution in [1.29, 1.82) is 0 Å². The van der Waals surface area contributed by atoms with Gasteiger partial charge in [-0.2, -0.15) is 5.06 Å². The molecule has 3 aromatic rings. The first-order valence-corrected chi connectivity index (χ1v) is 11.1. The minimum Gasteiger partial charge on any atom is -0.323 e. The Kier molecular flexibility index (Phi) is 6.51. The van der Waals surface area contributed by atoms with E-state index in [-0.39, 0.29) is 12.1 Å². The van der Waals surface area contributed by atoms with E-state index in [9.17, 15) is 4.79 Å². The SMILES string of the molecule is C[C@H](c1ccccc1)N(OC(Cl)(c1ccccc1)c1ccccc1Cl)C(=O)N1CCC1. The number of hydrogen-bond donors (Lipinski definition) is 0. The Hall–Kier alpha value is -2.53. The fourth-order valence-electron chi connectivity index (χ4n) is 3.57. The van der Waals surface area contributed by atoms with E-state index >= 15 is 0 Å². The molecule has 0 N–H and O–H groups in total. The van der Waals surface area contributed by atoms with Gasteiger partial charge in [0.15, 0.2) is 0 Å². The molecule has 1 heterocycles. The molecule has 0 radical (unpaired) electrons. The zero-order valence-corrected chi connectivity index (χ0v) is 18.8. The highest BCUT2D eigenvalue weighted by Gasteiger charge is 2.42. The van der Waals surface area contributed by atoms with Crippen LogP contribution in [0.5, 0.6) is 0 Å². The summed E-state index contributed by atoms with van der Waals surface area (Å²) in [4.78, 5) is 21.6. The van der Waals surface area contributed by atoms with Crippen molar-refractivity contribution in [3.63, 3.8) is 0 Å². The summed E-state index contributed by atoms with van der Waals surface area (Å²) in [6, 6.07) is 25.9. The molecule has 1 aliphatic rings. The molecule has 1 saturated heterocycles. The highest BCUT2D eigenvalue weighted by molar-refractivity contribution is 6.33. The van der Waals surface area contributed by atoms with Gasteiger partial charge in [0.05, 0.1) is 6.04 Å². The van der Waals surface area contributed by atoms with Gasteiger partial charge >= 0.3 is 6.03 Å². The molecule has 1 unspecified atom stereocenters.